The normalized spacial score (nSPS) is 14.5. The van der Waals surface area contributed by atoms with Crippen molar-refractivity contribution in [3.8, 4) is 11.8 Å². The molecule has 0 radical (unpaired) electrons. The molecule has 0 aliphatic heterocycles. The van der Waals surface area contributed by atoms with Gasteiger partial charge in [-0.15, -0.1) is 0 Å². The summed E-state index contributed by atoms with van der Waals surface area (Å²) in [4.78, 5) is 11.2. The van der Waals surface area contributed by atoms with Crippen LogP contribution in [0, 0.1) is 11.8 Å². The number of carbonyl (C=O) groups excluding carboxylic acids is 1. The molecule has 0 saturated carbocycles. The average molecular weight is 507 g/mol. The number of carbonyl (C=O) groups is 1. The van der Waals surface area contributed by atoms with E-state index in [9.17, 15) is 15.0 Å². The van der Waals surface area contributed by atoms with Crippen LogP contribution in [0.15, 0.2) is 30.3 Å². The van der Waals surface area contributed by atoms with E-state index < -0.39 is 32.6 Å². The summed E-state index contributed by atoms with van der Waals surface area (Å²) in [7, 11) is -0.882. The smallest absolute Gasteiger partial charge is 0.384 e. The van der Waals surface area contributed by atoms with Gasteiger partial charge in [0.25, 0.3) is 0 Å². The molecule has 1 aromatic carbocycles. The van der Waals surface area contributed by atoms with Crippen molar-refractivity contribution in [2.24, 2.45) is 0 Å². The fraction of sp³-hybridized carbons (Fsp3) is 0.679. The Kier molecular flexibility index (Phi) is 14.4. The Morgan fingerprint density at radius 3 is 2.31 bits per heavy atom. The van der Waals surface area contributed by atoms with Gasteiger partial charge in [-0.25, -0.2) is 4.79 Å². The Bertz CT molecular complexity index is 778. The van der Waals surface area contributed by atoms with Crippen LogP contribution in [0.4, 0.5) is 0 Å². The molecule has 1 rings (SSSR count). The first kappa shape index (κ1) is 31.3. The van der Waals surface area contributed by atoms with Crippen molar-refractivity contribution < 1.29 is 28.9 Å². The molecule has 198 valence electrons. The van der Waals surface area contributed by atoms with Crippen LogP contribution in [0.1, 0.15) is 71.3 Å². The number of aliphatic hydroxyl groups excluding tert-OH is 2. The molecular formula is C28H46O6Si. The molecule has 6 nitrogen and oxygen atoms in total. The molecule has 7 heteroatoms. The number of esters is 1. The Morgan fingerprint density at radius 1 is 1.03 bits per heavy atom. The zero-order valence-corrected chi connectivity index (χ0v) is 23.5. The zero-order valence-electron chi connectivity index (χ0n) is 22.5. The monoisotopic (exact) mass is 506 g/mol. The van der Waals surface area contributed by atoms with E-state index in [4.69, 9.17) is 9.16 Å². The third kappa shape index (κ3) is 12.7. The minimum absolute atomic E-state index is 0.0315. The van der Waals surface area contributed by atoms with Gasteiger partial charge in [-0.1, -0.05) is 76.3 Å². The lowest BCUT2D eigenvalue weighted by atomic mass is 9.99. The Morgan fingerprint density at radius 2 is 1.69 bits per heavy atom. The first-order chi connectivity index (χ1) is 16.5. The summed E-state index contributed by atoms with van der Waals surface area (Å²) < 4.78 is 16.7. The largest absolute Gasteiger partial charge is 0.459 e. The SMILES string of the molecule is COC(=O)C#CCC[C@@H](O[Si](C)(C)C(C)(C)C)[C@@H](O)[C@@H](O)CCCCCCOCc1ccccc1. The van der Waals surface area contributed by atoms with Gasteiger partial charge in [-0.05, 0) is 43.0 Å². The fourth-order valence-corrected chi connectivity index (χ4v) is 4.72. The number of hydrogen-bond donors (Lipinski definition) is 2. The average Bonchev–Trinajstić information content (AvgIpc) is 2.81. The molecule has 0 unspecified atom stereocenters. The van der Waals surface area contributed by atoms with Gasteiger partial charge in [0.1, 0.15) is 6.10 Å². The van der Waals surface area contributed by atoms with Crippen LogP contribution in [0.5, 0.6) is 0 Å². The van der Waals surface area contributed by atoms with Crippen molar-refractivity contribution in [2.45, 2.75) is 109 Å². The summed E-state index contributed by atoms with van der Waals surface area (Å²) in [5, 5.41) is 21.6. The van der Waals surface area contributed by atoms with E-state index in [-0.39, 0.29) is 5.04 Å². The third-order valence-corrected chi connectivity index (χ3v) is 11.1. The molecule has 0 saturated heterocycles. The van der Waals surface area contributed by atoms with E-state index in [1.54, 1.807) is 0 Å². The molecule has 0 heterocycles. The molecule has 0 aromatic heterocycles. The number of rotatable bonds is 15. The van der Waals surface area contributed by atoms with Gasteiger partial charge in [0.15, 0.2) is 8.32 Å². The van der Waals surface area contributed by atoms with Gasteiger partial charge in [0, 0.05) is 18.9 Å². The summed E-state index contributed by atoms with van der Waals surface area (Å²) >= 11 is 0. The van der Waals surface area contributed by atoms with E-state index in [2.05, 4.69) is 62.6 Å². The molecule has 3 atom stereocenters. The van der Waals surface area contributed by atoms with Crippen LogP contribution in [-0.2, 0) is 25.3 Å². The second-order valence-electron chi connectivity index (χ2n) is 10.5. The summed E-state index contributed by atoms with van der Waals surface area (Å²) in [6.45, 7) is 12.0. The molecule has 0 bridgehead atoms. The number of aliphatic hydroxyl groups is 2. The Hall–Kier alpha value is -1.69. The molecule has 0 aliphatic rings. The molecule has 0 fully saturated rings. The number of hydrogen-bond acceptors (Lipinski definition) is 6. The maximum Gasteiger partial charge on any atom is 0.384 e. The number of unbranched alkanes of at least 4 members (excludes halogenated alkanes) is 3. The molecule has 1 aromatic rings. The van der Waals surface area contributed by atoms with Crippen molar-refractivity contribution in [2.75, 3.05) is 13.7 Å². The number of methoxy groups -OCH3 is 1. The van der Waals surface area contributed by atoms with Crippen molar-refractivity contribution >= 4 is 14.3 Å². The second-order valence-corrected chi connectivity index (χ2v) is 15.3. The second kappa shape index (κ2) is 16.1. The highest BCUT2D eigenvalue weighted by Crippen LogP contribution is 2.38. The van der Waals surface area contributed by atoms with Crippen LogP contribution in [-0.4, -0.2) is 56.5 Å². The van der Waals surface area contributed by atoms with Crippen molar-refractivity contribution in [3.63, 3.8) is 0 Å². The minimum Gasteiger partial charge on any atom is -0.459 e. The van der Waals surface area contributed by atoms with E-state index in [0.717, 1.165) is 32.3 Å². The lowest BCUT2D eigenvalue weighted by Crippen LogP contribution is -2.49. The first-order valence-corrected chi connectivity index (χ1v) is 15.6. The van der Waals surface area contributed by atoms with Crippen molar-refractivity contribution in [3.05, 3.63) is 35.9 Å². The summed E-state index contributed by atoms with van der Waals surface area (Å²) in [5.74, 6) is 4.60. The first-order valence-electron chi connectivity index (χ1n) is 12.7. The van der Waals surface area contributed by atoms with Gasteiger partial charge >= 0.3 is 5.97 Å². The Labute approximate surface area is 213 Å². The predicted molar refractivity (Wildman–Crippen MR) is 142 cm³/mol. The van der Waals surface area contributed by atoms with Gasteiger partial charge in [0.05, 0.1) is 25.9 Å². The maximum absolute atomic E-state index is 11.2. The van der Waals surface area contributed by atoms with Crippen LogP contribution in [0.3, 0.4) is 0 Å². The molecule has 0 aliphatic carbocycles. The lowest BCUT2D eigenvalue weighted by molar-refractivity contribution is -0.133. The molecular weight excluding hydrogens is 460 g/mol. The van der Waals surface area contributed by atoms with Crippen LogP contribution < -0.4 is 0 Å². The lowest BCUT2D eigenvalue weighted by Gasteiger charge is -2.41. The predicted octanol–water partition coefficient (Wildman–Crippen LogP) is 5.22. The highest BCUT2D eigenvalue weighted by molar-refractivity contribution is 6.74. The van der Waals surface area contributed by atoms with Gasteiger partial charge in [-0.3, -0.25) is 0 Å². The van der Waals surface area contributed by atoms with Crippen LogP contribution >= 0.6 is 0 Å². The standard InChI is InChI=1S/C28H46O6Si/c1-28(2,3)35(5,6)34-25(19-13-14-20-26(30)32-4)27(31)24(29)18-12-7-8-15-21-33-22-23-16-10-9-11-17-23/h9-11,16-17,24-25,27,29,31H,7-8,12-13,15,18-19,21-22H2,1-6H3/t24-,25+,27-/m0/s1. The topological polar surface area (TPSA) is 85.2 Å². The van der Waals surface area contributed by atoms with Gasteiger partial charge in [-0.2, -0.15) is 0 Å². The number of ether oxygens (including phenoxy) is 2. The van der Waals surface area contributed by atoms with Crippen molar-refractivity contribution in [1.29, 1.82) is 0 Å². The van der Waals surface area contributed by atoms with Gasteiger partial charge < -0.3 is 24.1 Å². The van der Waals surface area contributed by atoms with E-state index in [1.807, 2.05) is 18.2 Å². The van der Waals surface area contributed by atoms with E-state index >= 15 is 0 Å². The number of benzene rings is 1. The van der Waals surface area contributed by atoms with Gasteiger partial charge in [0.2, 0.25) is 0 Å². The third-order valence-electron chi connectivity index (χ3n) is 6.61. The van der Waals surface area contributed by atoms with E-state index in [1.165, 1.54) is 12.7 Å². The fourth-order valence-electron chi connectivity index (χ4n) is 3.35. The highest BCUT2D eigenvalue weighted by Gasteiger charge is 2.41. The van der Waals surface area contributed by atoms with E-state index in [0.29, 0.717) is 25.9 Å². The minimum atomic E-state index is -2.17. The molecule has 2 N–H and O–H groups in total. The Balaban J connectivity index is 2.46. The zero-order chi connectivity index (χ0) is 26.3. The van der Waals surface area contributed by atoms with Crippen LogP contribution in [0.2, 0.25) is 18.1 Å². The van der Waals surface area contributed by atoms with Crippen LogP contribution in [0.25, 0.3) is 0 Å². The summed E-state index contributed by atoms with van der Waals surface area (Å²) in [6.07, 6.45) is 2.70. The summed E-state index contributed by atoms with van der Waals surface area (Å²) in [5.41, 5.74) is 1.18. The maximum atomic E-state index is 11.2. The molecule has 35 heavy (non-hydrogen) atoms. The molecule has 0 spiro atoms. The highest BCUT2D eigenvalue weighted by atomic mass is 28.4. The van der Waals surface area contributed by atoms with Crippen molar-refractivity contribution in [1.82, 2.24) is 0 Å². The molecule has 0 amide bonds. The quantitative estimate of drug-likeness (QED) is 0.111. The summed E-state index contributed by atoms with van der Waals surface area (Å²) in [6, 6.07) is 10.1.